The summed E-state index contributed by atoms with van der Waals surface area (Å²) in [5.41, 5.74) is 2.42. The molecule has 1 atom stereocenters. The molecule has 6 nitrogen and oxygen atoms in total. The predicted octanol–water partition coefficient (Wildman–Crippen LogP) is 3.09. The zero-order valence-electron chi connectivity index (χ0n) is 19.1. The normalized spacial score (nSPS) is 19.1. The van der Waals surface area contributed by atoms with E-state index >= 15 is 0 Å². The number of halogens is 1. The molecule has 170 valence electrons. The van der Waals surface area contributed by atoms with Gasteiger partial charge < -0.3 is 20.3 Å². The quantitative estimate of drug-likeness (QED) is 0.293. The maximum Gasteiger partial charge on any atom is 0.191 e. The third-order valence-corrected chi connectivity index (χ3v) is 6.11. The van der Waals surface area contributed by atoms with Crippen LogP contribution in [0.15, 0.2) is 23.2 Å². The number of piperazine rings is 1. The molecule has 1 aromatic carbocycles. The lowest BCUT2D eigenvalue weighted by Crippen LogP contribution is -2.53. The molecular formula is C23H40IN5O. The van der Waals surface area contributed by atoms with Gasteiger partial charge in [0, 0.05) is 57.9 Å². The smallest absolute Gasteiger partial charge is 0.191 e. The lowest BCUT2D eigenvalue weighted by molar-refractivity contribution is 0.107. The molecule has 2 fully saturated rings. The van der Waals surface area contributed by atoms with Crippen molar-refractivity contribution in [1.82, 2.24) is 20.4 Å². The molecule has 1 aliphatic carbocycles. The Balaban J connectivity index is 0.00000320. The van der Waals surface area contributed by atoms with Crippen molar-refractivity contribution in [3.05, 3.63) is 29.3 Å². The molecule has 1 unspecified atom stereocenters. The van der Waals surface area contributed by atoms with Crippen LogP contribution in [0.2, 0.25) is 0 Å². The number of benzene rings is 1. The number of guanidine groups is 1. The Bertz CT molecular complexity index is 672. The fraction of sp³-hybridized carbons (Fsp3) is 0.696. The first-order valence-corrected chi connectivity index (χ1v) is 11.2. The Labute approximate surface area is 199 Å². The van der Waals surface area contributed by atoms with E-state index < -0.39 is 0 Å². The van der Waals surface area contributed by atoms with Crippen LogP contribution < -0.4 is 15.4 Å². The number of ether oxygens (including phenoxy) is 1. The Hall–Kier alpha value is -1.06. The van der Waals surface area contributed by atoms with Crippen molar-refractivity contribution in [3.8, 4) is 5.75 Å². The Kier molecular flexibility index (Phi) is 10.7. The number of aryl methyl sites for hydroxylation is 1. The molecule has 1 saturated heterocycles. The van der Waals surface area contributed by atoms with Gasteiger partial charge in [0.2, 0.25) is 0 Å². The van der Waals surface area contributed by atoms with Crippen LogP contribution in [0.1, 0.15) is 37.8 Å². The molecule has 0 radical (unpaired) electrons. The fourth-order valence-electron chi connectivity index (χ4n) is 3.73. The van der Waals surface area contributed by atoms with Crippen LogP contribution in [0, 0.1) is 12.8 Å². The minimum Gasteiger partial charge on any atom is -0.493 e. The summed E-state index contributed by atoms with van der Waals surface area (Å²) in [6, 6.07) is 6.95. The predicted molar refractivity (Wildman–Crippen MR) is 136 cm³/mol. The zero-order valence-corrected chi connectivity index (χ0v) is 21.4. The molecule has 0 aromatic heterocycles. The molecule has 1 heterocycles. The number of likely N-dealkylation sites (N-methyl/N-ethyl adjacent to an activating group) is 1. The third kappa shape index (κ3) is 7.89. The molecule has 30 heavy (non-hydrogen) atoms. The van der Waals surface area contributed by atoms with E-state index in [4.69, 9.17) is 4.74 Å². The van der Waals surface area contributed by atoms with Crippen LogP contribution in [0.5, 0.6) is 5.75 Å². The van der Waals surface area contributed by atoms with Gasteiger partial charge in [0.1, 0.15) is 5.75 Å². The number of rotatable bonds is 9. The number of aliphatic imine (C=N–C) groups is 1. The first-order valence-electron chi connectivity index (χ1n) is 11.2. The van der Waals surface area contributed by atoms with E-state index in [1.807, 2.05) is 7.05 Å². The summed E-state index contributed by atoms with van der Waals surface area (Å²) in [6.07, 6.45) is 2.61. The van der Waals surface area contributed by atoms with E-state index in [1.54, 1.807) is 0 Å². The molecule has 1 aliphatic heterocycles. The summed E-state index contributed by atoms with van der Waals surface area (Å²) in [6.45, 7) is 14.9. The highest BCUT2D eigenvalue weighted by Gasteiger charge is 2.22. The lowest BCUT2D eigenvalue weighted by Gasteiger charge is -2.37. The van der Waals surface area contributed by atoms with Crippen molar-refractivity contribution in [2.75, 3.05) is 52.9 Å². The Morgan fingerprint density at radius 2 is 1.93 bits per heavy atom. The highest BCUT2D eigenvalue weighted by atomic mass is 127. The molecular weight excluding hydrogens is 489 g/mol. The lowest BCUT2D eigenvalue weighted by atomic mass is 10.1. The number of hydrogen-bond donors (Lipinski definition) is 2. The van der Waals surface area contributed by atoms with E-state index in [0.717, 1.165) is 50.4 Å². The molecule has 2 N–H and O–H groups in total. The van der Waals surface area contributed by atoms with Crippen LogP contribution >= 0.6 is 24.0 Å². The zero-order chi connectivity index (χ0) is 20.6. The van der Waals surface area contributed by atoms with Gasteiger partial charge in [-0.2, -0.15) is 0 Å². The minimum absolute atomic E-state index is 0. The van der Waals surface area contributed by atoms with Crippen molar-refractivity contribution in [2.45, 2.75) is 46.2 Å². The molecule has 0 spiro atoms. The van der Waals surface area contributed by atoms with Crippen molar-refractivity contribution in [1.29, 1.82) is 0 Å². The number of hydrogen-bond acceptors (Lipinski definition) is 4. The van der Waals surface area contributed by atoms with Crippen LogP contribution in [0.4, 0.5) is 0 Å². The van der Waals surface area contributed by atoms with Crippen LogP contribution in [-0.4, -0.2) is 74.7 Å². The van der Waals surface area contributed by atoms with Gasteiger partial charge in [-0.25, -0.2) is 0 Å². The standard InChI is InChI=1S/C23H39N5O.HI/c1-5-27-10-12-28(13-11-27)19(3)15-25-23(24-4)26-16-21-9-6-18(2)14-22(21)29-17-20-7-8-20;/h6,9,14,19-20H,5,7-8,10-13,15-17H2,1-4H3,(H2,24,25,26);1H. The van der Waals surface area contributed by atoms with Gasteiger partial charge >= 0.3 is 0 Å². The van der Waals surface area contributed by atoms with Gasteiger partial charge in [-0.15, -0.1) is 24.0 Å². The van der Waals surface area contributed by atoms with E-state index in [0.29, 0.717) is 12.6 Å². The van der Waals surface area contributed by atoms with Crippen LogP contribution in [-0.2, 0) is 6.54 Å². The summed E-state index contributed by atoms with van der Waals surface area (Å²) >= 11 is 0. The average Bonchev–Trinajstić information content (AvgIpc) is 3.57. The second-order valence-corrected chi connectivity index (χ2v) is 8.49. The maximum absolute atomic E-state index is 6.09. The van der Waals surface area contributed by atoms with Crippen LogP contribution in [0.25, 0.3) is 0 Å². The maximum atomic E-state index is 6.09. The highest BCUT2D eigenvalue weighted by Crippen LogP contribution is 2.30. The van der Waals surface area contributed by atoms with Crippen molar-refractivity contribution in [3.63, 3.8) is 0 Å². The highest BCUT2D eigenvalue weighted by molar-refractivity contribution is 14.0. The number of nitrogens with one attached hydrogen (secondary N) is 2. The monoisotopic (exact) mass is 529 g/mol. The summed E-state index contributed by atoms with van der Waals surface area (Å²) in [7, 11) is 1.83. The first kappa shape index (κ1) is 25.2. The molecule has 1 saturated carbocycles. The van der Waals surface area contributed by atoms with E-state index in [2.05, 4.69) is 64.4 Å². The second kappa shape index (κ2) is 12.7. The molecule has 3 rings (SSSR count). The Morgan fingerprint density at radius 3 is 2.57 bits per heavy atom. The topological polar surface area (TPSA) is 52.1 Å². The van der Waals surface area contributed by atoms with Gasteiger partial charge in [0.15, 0.2) is 5.96 Å². The number of nitrogens with zero attached hydrogens (tertiary/aromatic N) is 3. The minimum atomic E-state index is 0. The molecule has 2 aliphatic rings. The van der Waals surface area contributed by atoms with Crippen molar-refractivity contribution < 1.29 is 4.74 Å². The van der Waals surface area contributed by atoms with E-state index in [-0.39, 0.29) is 24.0 Å². The third-order valence-electron chi connectivity index (χ3n) is 6.11. The SMILES string of the molecule is CCN1CCN(C(C)CNC(=NC)NCc2ccc(C)cc2OCC2CC2)CC1.I. The largest absolute Gasteiger partial charge is 0.493 e. The van der Waals surface area contributed by atoms with Crippen molar-refractivity contribution >= 4 is 29.9 Å². The molecule has 0 amide bonds. The van der Waals surface area contributed by atoms with Gasteiger partial charge in [-0.05, 0) is 50.8 Å². The molecule has 1 aromatic rings. The molecule has 0 bridgehead atoms. The van der Waals surface area contributed by atoms with Gasteiger partial charge in [0.25, 0.3) is 0 Å². The van der Waals surface area contributed by atoms with Gasteiger partial charge in [-0.1, -0.05) is 19.1 Å². The summed E-state index contributed by atoms with van der Waals surface area (Å²) < 4.78 is 6.09. The van der Waals surface area contributed by atoms with Gasteiger partial charge in [0.05, 0.1) is 6.61 Å². The van der Waals surface area contributed by atoms with E-state index in [1.165, 1.54) is 37.1 Å². The van der Waals surface area contributed by atoms with Gasteiger partial charge in [-0.3, -0.25) is 9.89 Å². The Morgan fingerprint density at radius 1 is 1.20 bits per heavy atom. The molecule has 7 heteroatoms. The summed E-state index contributed by atoms with van der Waals surface area (Å²) in [5.74, 6) is 2.60. The second-order valence-electron chi connectivity index (χ2n) is 8.49. The fourth-order valence-corrected chi connectivity index (χ4v) is 3.73. The summed E-state index contributed by atoms with van der Waals surface area (Å²) in [4.78, 5) is 9.49. The van der Waals surface area contributed by atoms with Crippen LogP contribution in [0.3, 0.4) is 0 Å². The van der Waals surface area contributed by atoms with Crippen molar-refractivity contribution in [2.24, 2.45) is 10.9 Å². The summed E-state index contributed by atoms with van der Waals surface area (Å²) in [5, 5.41) is 6.95. The van der Waals surface area contributed by atoms with E-state index in [9.17, 15) is 0 Å². The average molecular weight is 530 g/mol. The first-order chi connectivity index (χ1) is 14.1.